The molecule has 1 atom stereocenters. The van der Waals surface area contributed by atoms with Gasteiger partial charge in [-0.1, -0.05) is 30.3 Å². The van der Waals surface area contributed by atoms with E-state index in [2.05, 4.69) is 34.5 Å². The monoisotopic (exact) mass is 246 g/mol. The van der Waals surface area contributed by atoms with Gasteiger partial charge in [0.1, 0.15) is 0 Å². The molecule has 1 aromatic carbocycles. The van der Waals surface area contributed by atoms with E-state index in [1.807, 2.05) is 13.1 Å². The maximum absolute atomic E-state index is 11.9. The van der Waals surface area contributed by atoms with Crippen molar-refractivity contribution in [3.63, 3.8) is 0 Å². The third kappa shape index (κ3) is 3.57. The molecule has 0 unspecified atom stereocenters. The fourth-order valence-electron chi connectivity index (χ4n) is 2.51. The number of carbonyl (C=O) groups is 1. The van der Waals surface area contributed by atoms with Gasteiger partial charge in [-0.25, -0.2) is 0 Å². The van der Waals surface area contributed by atoms with Crippen LogP contribution in [0.4, 0.5) is 0 Å². The molecule has 1 aliphatic rings. The number of hydrogen-bond donors (Lipinski definition) is 1. The Kier molecular flexibility index (Phi) is 4.76. The molecule has 0 radical (unpaired) electrons. The number of likely N-dealkylation sites (tertiary alicyclic amines) is 1. The van der Waals surface area contributed by atoms with Crippen molar-refractivity contribution in [1.29, 1.82) is 0 Å². The van der Waals surface area contributed by atoms with Gasteiger partial charge in [0.05, 0.1) is 6.04 Å². The first-order valence-electron chi connectivity index (χ1n) is 6.79. The first-order chi connectivity index (χ1) is 8.77. The summed E-state index contributed by atoms with van der Waals surface area (Å²) in [6, 6.07) is 10.5. The zero-order valence-electron chi connectivity index (χ0n) is 11.1. The molecule has 0 aliphatic carbocycles. The summed E-state index contributed by atoms with van der Waals surface area (Å²) in [5.41, 5.74) is 1.34. The molecule has 0 aromatic heterocycles. The SMILES string of the molecule is CN1CCC[C@H]1C(=O)NCCCc1ccccc1. The van der Waals surface area contributed by atoms with Crippen LogP contribution in [0.5, 0.6) is 0 Å². The highest BCUT2D eigenvalue weighted by atomic mass is 16.2. The summed E-state index contributed by atoms with van der Waals surface area (Å²) in [6.07, 6.45) is 4.17. The molecule has 2 rings (SSSR count). The van der Waals surface area contributed by atoms with Gasteiger partial charge >= 0.3 is 0 Å². The molecule has 1 aliphatic heterocycles. The number of aryl methyl sites for hydroxylation is 1. The van der Waals surface area contributed by atoms with Crippen LogP contribution in [-0.4, -0.2) is 37.0 Å². The average Bonchev–Trinajstić information content (AvgIpc) is 2.82. The molecule has 18 heavy (non-hydrogen) atoms. The molecule has 0 bridgehead atoms. The van der Waals surface area contributed by atoms with E-state index in [9.17, 15) is 4.79 Å². The highest BCUT2D eigenvalue weighted by Crippen LogP contribution is 2.14. The summed E-state index contributed by atoms with van der Waals surface area (Å²) in [5.74, 6) is 0.197. The van der Waals surface area contributed by atoms with Crippen molar-refractivity contribution in [3.8, 4) is 0 Å². The Morgan fingerprint density at radius 3 is 2.83 bits per heavy atom. The zero-order chi connectivity index (χ0) is 12.8. The Bertz CT molecular complexity index is 377. The lowest BCUT2D eigenvalue weighted by molar-refractivity contribution is -0.125. The lowest BCUT2D eigenvalue weighted by Crippen LogP contribution is -2.41. The van der Waals surface area contributed by atoms with E-state index in [-0.39, 0.29) is 11.9 Å². The third-order valence-electron chi connectivity index (χ3n) is 3.61. The van der Waals surface area contributed by atoms with E-state index >= 15 is 0 Å². The van der Waals surface area contributed by atoms with Gasteiger partial charge in [0.15, 0.2) is 0 Å². The number of likely N-dealkylation sites (N-methyl/N-ethyl adjacent to an activating group) is 1. The molecule has 0 spiro atoms. The van der Waals surface area contributed by atoms with Crippen molar-refractivity contribution in [2.24, 2.45) is 0 Å². The summed E-state index contributed by atoms with van der Waals surface area (Å²) < 4.78 is 0. The minimum absolute atomic E-state index is 0.0988. The van der Waals surface area contributed by atoms with E-state index in [0.29, 0.717) is 0 Å². The third-order valence-corrected chi connectivity index (χ3v) is 3.61. The van der Waals surface area contributed by atoms with E-state index in [1.54, 1.807) is 0 Å². The predicted molar refractivity (Wildman–Crippen MR) is 73.4 cm³/mol. The van der Waals surface area contributed by atoms with E-state index < -0.39 is 0 Å². The fraction of sp³-hybridized carbons (Fsp3) is 0.533. The molecule has 1 saturated heterocycles. The van der Waals surface area contributed by atoms with E-state index in [1.165, 1.54) is 5.56 Å². The van der Waals surface area contributed by atoms with Gasteiger partial charge in [0.25, 0.3) is 0 Å². The summed E-state index contributed by atoms with van der Waals surface area (Å²) in [6.45, 7) is 1.82. The average molecular weight is 246 g/mol. The predicted octanol–water partition coefficient (Wildman–Crippen LogP) is 1.83. The second kappa shape index (κ2) is 6.55. The highest BCUT2D eigenvalue weighted by molar-refractivity contribution is 5.81. The van der Waals surface area contributed by atoms with Gasteiger partial charge in [-0.05, 0) is 44.8 Å². The molecule has 0 saturated carbocycles. The van der Waals surface area contributed by atoms with Crippen LogP contribution in [0.2, 0.25) is 0 Å². The van der Waals surface area contributed by atoms with Gasteiger partial charge in [-0.3, -0.25) is 9.69 Å². The van der Waals surface area contributed by atoms with Gasteiger partial charge in [0.2, 0.25) is 5.91 Å². The summed E-state index contributed by atoms with van der Waals surface area (Å²) >= 11 is 0. The van der Waals surface area contributed by atoms with Crippen LogP contribution in [0.3, 0.4) is 0 Å². The summed E-state index contributed by atoms with van der Waals surface area (Å²) in [5, 5.41) is 3.04. The molecule has 1 fully saturated rings. The largest absolute Gasteiger partial charge is 0.355 e. The van der Waals surface area contributed by atoms with Gasteiger partial charge in [-0.2, -0.15) is 0 Å². The van der Waals surface area contributed by atoms with Crippen molar-refractivity contribution in [2.75, 3.05) is 20.1 Å². The first-order valence-corrected chi connectivity index (χ1v) is 6.79. The van der Waals surface area contributed by atoms with Crippen LogP contribution in [0.15, 0.2) is 30.3 Å². The Balaban J connectivity index is 1.65. The molecule has 1 aromatic rings. The van der Waals surface area contributed by atoms with E-state index in [4.69, 9.17) is 0 Å². The molecule has 1 N–H and O–H groups in total. The van der Waals surface area contributed by atoms with Crippen LogP contribution in [-0.2, 0) is 11.2 Å². The van der Waals surface area contributed by atoms with Gasteiger partial charge in [-0.15, -0.1) is 0 Å². The normalized spacial score (nSPS) is 19.9. The van der Waals surface area contributed by atoms with Gasteiger partial charge in [0, 0.05) is 6.54 Å². The smallest absolute Gasteiger partial charge is 0.237 e. The Morgan fingerprint density at radius 1 is 1.39 bits per heavy atom. The highest BCUT2D eigenvalue weighted by Gasteiger charge is 2.26. The number of nitrogens with one attached hydrogen (secondary N) is 1. The number of hydrogen-bond acceptors (Lipinski definition) is 2. The topological polar surface area (TPSA) is 32.3 Å². The fourth-order valence-corrected chi connectivity index (χ4v) is 2.51. The quantitative estimate of drug-likeness (QED) is 0.804. The Hall–Kier alpha value is -1.35. The van der Waals surface area contributed by atoms with Gasteiger partial charge < -0.3 is 5.32 Å². The number of carbonyl (C=O) groups excluding carboxylic acids is 1. The molecule has 3 nitrogen and oxygen atoms in total. The van der Waals surface area contributed by atoms with Crippen molar-refractivity contribution < 1.29 is 4.79 Å². The lowest BCUT2D eigenvalue weighted by Gasteiger charge is -2.18. The molecular weight excluding hydrogens is 224 g/mol. The molecule has 3 heteroatoms. The number of amides is 1. The van der Waals surface area contributed by atoms with Crippen LogP contribution in [0.25, 0.3) is 0 Å². The van der Waals surface area contributed by atoms with Crippen molar-refractivity contribution in [1.82, 2.24) is 10.2 Å². The molecular formula is C15H22N2O. The first kappa shape index (κ1) is 13.1. The summed E-state index contributed by atoms with van der Waals surface area (Å²) in [7, 11) is 2.03. The Labute approximate surface area is 109 Å². The minimum atomic E-state index is 0.0988. The number of nitrogens with zero attached hydrogens (tertiary/aromatic N) is 1. The van der Waals surface area contributed by atoms with Crippen molar-refractivity contribution in [3.05, 3.63) is 35.9 Å². The zero-order valence-corrected chi connectivity index (χ0v) is 11.1. The maximum Gasteiger partial charge on any atom is 0.237 e. The minimum Gasteiger partial charge on any atom is -0.355 e. The van der Waals surface area contributed by atoms with E-state index in [0.717, 1.165) is 38.8 Å². The second-order valence-electron chi connectivity index (χ2n) is 5.02. The van der Waals surface area contributed by atoms with Crippen LogP contribution in [0, 0.1) is 0 Å². The number of benzene rings is 1. The second-order valence-corrected chi connectivity index (χ2v) is 5.02. The van der Waals surface area contributed by atoms with Crippen LogP contribution < -0.4 is 5.32 Å². The molecule has 1 heterocycles. The Morgan fingerprint density at radius 2 is 2.17 bits per heavy atom. The van der Waals surface area contributed by atoms with Crippen LogP contribution >= 0.6 is 0 Å². The standard InChI is InChI=1S/C15H22N2O/c1-17-12-6-10-14(17)15(18)16-11-5-9-13-7-3-2-4-8-13/h2-4,7-8,14H,5-6,9-12H2,1H3,(H,16,18)/t14-/m0/s1. The van der Waals surface area contributed by atoms with Crippen molar-refractivity contribution in [2.45, 2.75) is 31.7 Å². The van der Waals surface area contributed by atoms with Crippen LogP contribution in [0.1, 0.15) is 24.8 Å². The molecule has 1 amide bonds. The maximum atomic E-state index is 11.9. The number of rotatable bonds is 5. The molecule has 98 valence electrons. The summed E-state index contributed by atoms with van der Waals surface area (Å²) in [4.78, 5) is 14.1. The lowest BCUT2D eigenvalue weighted by atomic mass is 10.1. The van der Waals surface area contributed by atoms with Crippen molar-refractivity contribution >= 4 is 5.91 Å².